The summed E-state index contributed by atoms with van der Waals surface area (Å²) in [5, 5.41) is 5.27. The van der Waals surface area contributed by atoms with Crippen molar-refractivity contribution in [1.82, 2.24) is 15.1 Å². The largest absolute Gasteiger partial charge is 0.354 e. The van der Waals surface area contributed by atoms with Gasteiger partial charge in [-0.05, 0) is 74.5 Å². The highest BCUT2D eigenvalue weighted by Gasteiger charge is 2.29. The third-order valence-electron chi connectivity index (χ3n) is 6.17. The minimum Gasteiger partial charge on any atom is -0.354 e. The van der Waals surface area contributed by atoms with Crippen LogP contribution in [-0.4, -0.2) is 54.3 Å². The van der Waals surface area contributed by atoms with Gasteiger partial charge < -0.3 is 10.2 Å². The van der Waals surface area contributed by atoms with Gasteiger partial charge in [0.15, 0.2) is 0 Å². The van der Waals surface area contributed by atoms with E-state index in [2.05, 4.69) is 27.7 Å². The van der Waals surface area contributed by atoms with Crippen LogP contribution < -0.4 is 5.32 Å². The maximum atomic E-state index is 13.1. The summed E-state index contributed by atoms with van der Waals surface area (Å²) in [6.07, 6.45) is 3.75. The van der Waals surface area contributed by atoms with Crippen molar-refractivity contribution in [2.75, 3.05) is 32.7 Å². The van der Waals surface area contributed by atoms with E-state index >= 15 is 0 Å². The Kier molecular flexibility index (Phi) is 6.79. The Morgan fingerprint density at radius 1 is 1.07 bits per heavy atom. The van der Waals surface area contributed by atoms with Crippen molar-refractivity contribution in [3.05, 3.63) is 58.0 Å². The van der Waals surface area contributed by atoms with Crippen LogP contribution in [0.25, 0.3) is 0 Å². The van der Waals surface area contributed by atoms with Crippen molar-refractivity contribution in [3.63, 3.8) is 0 Å². The number of rotatable bonds is 6. The normalized spacial score (nSPS) is 19.0. The van der Waals surface area contributed by atoms with E-state index < -0.39 is 0 Å². The van der Waals surface area contributed by atoms with Gasteiger partial charge in [-0.2, -0.15) is 0 Å². The number of benzene rings is 1. The predicted octanol–water partition coefficient (Wildman–Crippen LogP) is 3.69. The molecule has 2 aliphatic rings. The molecule has 5 nitrogen and oxygen atoms in total. The molecule has 2 fully saturated rings. The van der Waals surface area contributed by atoms with Gasteiger partial charge in [0.1, 0.15) is 5.82 Å². The highest BCUT2D eigenvalue weighted by atomic mass is 32.1. The standard InChI is InChI=1S/C23H28FN3O2S/c24-19-7-5-18(6-8-19)23(29)27-13-9-17(10-14-27)22(28)25-16-20(21-4-3-15-30-21)26-11-1-2-12-26/h3-8,15,17,20H,1-2,9-14,16H2,(H,25,28). The second-order valence-corrected chi connectivity index (χ2v) is 9.07. The molecule has 30 heavy (non-hydrogen) atoms. The highest BCUT2D eigenvalue weighted by molar-refractivity contribution is 7.10. The Bertz CT molecular complexity index is 842. The number of amides is 2. The van der Waals surface area contributed by atoms with Crippen LogP contribution in [0.2, 0.25) is 0 Å². The van der Waals surface area contributed by atoms with Crippen LogP contribution in [0.1, 0.15) is 47.0 Å². The highest BCUT2D eigenvalue weighted by Crippen LogP contribution is 2.28. The zero-order valence-corrected chi connectivity index (χ0v) is 17.9. The van der Waals surface area contributed by atoms with Gasteiger partial charge in [0, 0.05) is 36.0 Å². The summed E-state index contributed by atoms with van der Waals surface area (Å²) in [6.45, 7) is 3.91. The van der Waals surface area contributed by atoms with Crippen molar-refractivity contribution >= 4 is 23.2 Å². The summed E-state index contributed by atoms with van der Waals surface area (Å²) in [4.78, 5) is 30.9. The molecule has 160 valence electrons. The zero-order valence-electron chi connectivity index (χ0n) is 17.1. The molecule has 3 heterocycles. The van der Waals surface area contributed by atoms with Crippen LogP contribution in [0, 0.1) is 11.7 Å². The van der Waals surface area contributed by atoms with E-state index in [1.807, 2.05) is 0 Å². The first-order chi connectivity index (χ1) is 14.6. The first kappa shape index (κ1) is 21.0. The minimum absolute atomic E-state index is 0.0650. The number of nitrogens with one attached hydrogen (secondary N) is 1. The van der Waals surface area contributed by atoms with Crippen LogP contribution in [0.3, 0.4) is 0 Å². The summed E-state index contributed by atoms with van der Waals surface area (Å²) in [5.41, 5.74) is 0.490. The first-order valence-corrected chi connectivity index (χ1v) is 11.6. The van der Waals surface area contributed by atoms with Gasteiger partial charge >= 0.3 is 0 Å². The minimum atomic E-state index is -0.350. The number of carbonyl (C=O) groups excluding carboxylic acids is 2. The maximum absolute atomic E-state index is 13.1. The Balaban J connectivity index is 1.28. The molecule has 0 radical (unpaired) electrons. The van der Waals surface area contributed by atoms with E-state index in [4.69, 9.17) is 0 Å². The molecular formula is C23H28FN3O2S. The third-order valence-corrected chi connectivity index (χ3v) is 7.14. The molecule has 0 aliphatic carbocycles. The lowest BCUT2D eigenvalue weighted by Crippen LogP contribution is -2.44. The monoisotopic (exact) mass is 429 g/mol. The molecule has 2 aromatic rings. The molecule has 0 spiro atoms. The predicted molar refractivity (Wildman–Crippen MR) is 116 cm³/mol. The topological polar surface area (TPSA) is 52.7 Å². The van der Waals surface area contributed by atoms with Crippen LogP contribution in [0.4, 0.5) is 4.39 Å². The maximum Gasteiger partial charge on any atom is 0.253 e. The van der Waals surface area contributed by atoms with Crippen molar-refractivity contribution in [3.8, 4) is 0 Å². The fourth-order valence-corrected chi connectivity index (χ4v) is 5.27. The van der Waals surface area contributed by atoms with Gasteiger partial charge in [0.2, 0.25) is 5.91 Å². The summed E-state index contributed by atoms with van der Waals surface area (Å²) in [6, 6.07) is 10.1. The number of thiophene rings is 1. The number of hydrogen-bond acceptors (Lipinski definition) is 4. The van der Waals surface area contributed by atoms with Crippen LogP contribution >= 0.6 is 11.3 Å². The van der Waals surface area contributed by atoms with Gasteiger partial charge in [0.25, 0.3) is 5.91 Å². The Morgan fingerprint density at radius 2 is 1.77 bits per heavy atom. The van der Waals surface area contributed by atoms with Gasteiger partial charge in [-0.25, -0.2) is 4.39 Å². The van der Waals surface area contributed by atoms with Crippen molar-refractivity contribution in [2.45, 2.75) is 31.7 Å². The quantitative estimate of drug-likeness (QED) is 0.762. The second-order valence-electron chi connectivity index (χ2n) is 8.09. The molecule has 2 aliphatic heterocycles. The van der Waals surface area contributed by atoms with E-state index in [9.17, 15) is 14.0 Å². The number of nitrogens with zero attached hydrogens (tertiary/aromatic N) is 2. The SMILES string of the molecule is O=C(NCC(c1cccs1)N1CCCC1)C1CCN(C(=O)c2ccc(F)cc2)CC1. The van der Waals surface area contributed by atoms with E-state index in [-0.39, 0.29) is 29.6 Å². The van der Waals surface area contributed by atoms with Gasteiger partial charge in [-0.1, -0.05) is 6.07 Å². The zero-order chi connectivity index (χ0) is 20.9. The summed E-state index contributed by atoms with van der Waals surface area (Å²) in [5.74, 6) is -0.424. The average molecular weight is 430 g/mol. The van der Waals surface area contributed by atoms with E-state index in [1.54, 1.807) is 16.2 Å². The molecular weight excluding hydrogens is 401 g/mol. The molecule has 0 saturated carbocycles. The van der Waals surface area contributed by atoms with Crippen molar-refractivity contribution in [1.29, 1.82) is 0 Å². The molecule has 7 heteroatoms. The lowest BCUT2D eigenvalue weighted by Gasteiger charge is -2.32. The Labute approximate surface area is 180 Å². The summed E-state index contributed by atoms with van der Waals surface area (Å²) < 4.78 is 13.1. The van der Waals surface area contributed by atoms with E-state index in [0.717, 1.165) is 13.1 Å². The van der Waals surface area contributed by atoms with Crippen LogP contribution in [0.15, 0.2) is 41.8 Å². The molecule has 2 amide bonds. The molecule has 0 bridgehead atoms. The fraction of sp³-hybridized carbons (Fsp3) is 0.478. The van der Waals surface area contributed by atoms with Crippen molar-refractivity contribution < 1.29 is 14.0 Å². The Hall–Kier alpha value is -2.25. The average Bonchev–Trinajstić information content (AvgIpc) is 3.49. The lowest BCUT2D eigenvalue weighted by atomic mass is 9.95. The number of likely N-dealkylation sites (tertiary alicyclic amines) is 2. The fourth-order valence-electron chi connectivity index (χ4n) is 4.41. The molecule has 1 aromatic carbocycles. The molecule has 1 aromatic heterocycles. The van der Waals surface area contributed by atoms with Gasteiger partial charge in [0.05, 0.1) is 6.04 Å². The first-order valence-electron chi connectivity index (χ1n) is 10.7. The van der Waals surface area contributed by atoms with E-state index in [1.165, 1.54) is 42.0 Å². The van der Waals surface area contributed by atoms with Gasteiger partial charge in [-0.3, -0.25) is 14.5 Å². The second kappa shape index (κ2) is 9.71. The lowest BCUT2D eigenvalue weighted by molar-refractivity contribution is -0.126. The Morgan fingerprint density at radius 3 is 2.40 bits per heavy atom. The molecule has 1 atom stereocenters. The molecule has 1 unspecified atom stereocenters. The number of hydrogen-bond donors (Lipinski definition) is 1. The van der Waals surface area contributed by atoms with Crippen molar-refractivity contribution in [2.24, 2.45) is 5.92 Å². The molecule has 4 rings (SSSR count). The van der Waals surface area contributed by atoms with Gasteiger partial charge in [-0.15, -0.1) is 11.3 Å². The van der Waals surface area contributed by atoms with Crippen LogP contribution in [0.5, 0.6) is 0 Å². The molecule has 1 N–H and O–H groups in total. The van der Waals surface area contributed by atoms with Crippen LogP contribution in [-0.2, 0) is 4.79 Å². The number of piperidine rings is 1. The van der Waals surface area contributed by atoms with E-state index in [0.29, 0.717) is 38.0 Å². The number of halogens is 1. The third kappa shape index (κ3) is 4.90. The smallest absolute Gasteiger partial charge is 0.253 e. The number of carbonyl (C=O) groups is 2. The summed E-state index contributed by atoms with van der Waals surface area (Å²) in [7, 11) is 0. The summed E-state index contributed by atoms with van der Waals surface area (Å²) >= 11 is 1.75. The molecule has 2 saturated heterocycles.